The maximum Gasteiger partial charge on any atom is 0.451 e. The van der Waals surface area contributed by atoms with Crippen molar-refractivity contribution in [3.63, 3.8) is 0 Å². The molecule has 3 aromatic rings. The molecule has 0 fully saturated rings. The number of ether oxygens (including phenoxy) is 1. The Hall–Kier alpha value is -2.66. The Kier molecular flexibility index (Phi) is 6.38. The van der Waals surface area contributed by atoms with E-state index in [1.165, 1.54) is 12.1 Å². The number of para-hydroxylation sites is 1. The largest absolute Gasteiger partial charge is 0.462 e. The molecule has 0 atom stereocenters. The molecule has 2 heterocycles. The van der Waals surface area contributed by atoms with Crippen LogP contribution < -0.4 is 5.32 Å². The van der Waals surface area contributed by atoms with Crippen LogP contribution in [-0.4, -0.2) is 34.2 Å². The molecule has 0 bridgehead atoms. The molecule has 3 rings (SSSR count). The minimum Gasteiger partial charge on any atom is -0.462 e. The highest BCUT2D eigenvalue weighted by molar-refractivity contribution is 8.00. The molecule has 0 aliphatic rings. The Bertz CT molecular complexity index is 1050. The van der Waals surface area contributed by atoms with Crippen molar-refractivity contribution in [2.45, 2.75) is 18.1 Å². The summed E-state index contributed by atoms with van der Waals surface area (Å²) >= 11 is 2.01. The molecule has 29 heavy (non-hydrogen) atoms. The van der Waals surface area contributed by atoms with E-state index in [-0.39, 0.29) is 28.5 Å². The van der Waals surface area contributed by atoms with Gasteiger partial charge in [0.1, 0.15) is 10.0 Å². The van der Waals surface area contributed by atoms with Gasteiger partial charge in [0, 0.05) is 5.39 Å². The molecule has 1 aromatic carbocycles. The first-order chi connectivity index (χ1) is 13.8. The Balaban J connectivity index is 1.77. The van der Waals surface area contributed by atoms with Crippen LogP contribution in [0.3, 0.4) is 0 Å². The number of hydrogen-bond acceptors (Lipinski definition) is 7. The van der Waals surface area contributed by atoms with E-state index < -0.39 is 23.9 Å². The predicted octanol–water partition coefficient (Wildman–Crippen LogP) is 4.62. The van der Waals surface area contributed by atoms with Gasteiger partial charge in [-0.1, -0.05) is 30.0 Å². The third-order valence-corrected chi connectivity index (χ3v) is 5.40. The van der Waals surface area contributed by atoms with Crippen molar-refractivity contribution in [2.24, 2.45) is 0 Å². The summed E-state index contributed by atoms with van der Waals surface area (Å²) in [7, 11) is 0. The van der Waals surface area contributed by atoms with Crippen molar-refractivity contribution < 1.29 is 27.5 Å². The minimum absolute atomic E-state index is 0.0508. The molecule has 11 heteroatoms. The van der Waals surface area contributed by atoms with Gasteiger partial charge in [-0.25, -0.2) is 14.8 Å². The molecule has 1 N–H and O–H groups in total. The van der Waals surface area contributed by atoms with Gasteiger partial charge < -0.3 is 10.1 Å². The fourth-order valence-electron chi connectivity index (χ4n) is 2.36. The number of esters is 1. The van der Waals surface area contributed by atoms with Gasteiger partial charge in [-0.2, -0.15) is 13.2 Å². The summed E-state index contributed by atoms with van der Waals surface area (Å²) in [4.78, 5) is 31.3. The van der Waals surface area contributed by atoms with E-state index >= 15 is 0 Å². The number of benzene rings is 1. The van der Waals surface area contributed by atoms with E-state index in [4.69, 9.17) is 4.74 Å². The predicted molar refractivity (Wildman–Crippen MR) is 104 cm³/mol. The number of hydrogen-bond donors (Lipinski definition) is 1. The van der Waals surface area contributed by atoms with Crippen molar-refractivity contribution in [3.8, 4) is 0 Å². The summed E-state index contributed by atoms with van der Waals surface area (Å²) in [6.07, 6.45) is -4.70. The summed E-state index contributed by atoms with van der Waals surface area (Å²) in [5.74, 6) is -2.51. The number of aromatic nitrogens is 2. The van der Waals surface area contributed by atoms with Crippen LogP contribution in [0, 0.1) is 0 Å². The fraction of sp³-hybridized carbons (Fsp3) is 0.222. The molecule has 0 saturated carbocycles. The number of nitrogens with one attached hydrogen (secondary N) is 1. The van der Waals surface area contributed by atoms with Gasteiger partial charge in [-0.15, -0.1) is 11.3 Å². The van der Waals surface area contributed by atoms with Crippen LogP contribution in [0.5, 0.6) is 0 Å². The Morgan fingerprint density at radius 3 is 2.69 bits per heavy atom. The SMILES string of the molecule is CCOC(=O)c1ccsc1NC(=O)CSc1nc(C(F)(F)F)nc2ccccc12. The highest BCUT2D eigenvalue weighted by Crippen LogP contribution is 2.32. The number of carbonyl (C=O) groups excluding carboxylic acids is 2. The molecule has 0 aliphatic carbocycles. The molecule has 0 unspecified atom stereocenters. The van der Waals surface area contributed by atoms with Crippen molar-refractivity contribution in [1.29, 1.82) is 0 Å². The third-order valence-electron chi connectivity index (χ3n) is 3.58. The number of carbonyl (C=O) groups is 2. The first-order valence-corrected chi connectivity index (χ1v) is 10.2. The van der Waals surface area contributed by atoms with Crippen LogP contribution in [0.4, 0.5) is 18.2 Å². The summed E-state index contributed by atoms with van der Waals surface area (Å²) in [5.41, 5.74) is 0.364. The number of nitrogens with zero attached hydrogens (tertiary/aromatic N) is 2. The average Bonchev–Trinajstić information content (AvgIpc) is 3.13. The topological polar surface area (TPSA) is 81.2 Å². The lowest BCUT2D eigenvalue weighted by atomic mass is 10.2. The zero-order valence-corrected chi connectivity index (χ0v) is 16.6. The minimum atomic E-state index is -4.70. The molecule has 0 radical (unpaired) electrons. The number of anilines is 1. The third kappa shape index (κ3) is 5.04. The first-order valence-electron chi connectivity index (χ1n) is 8.31. The smallest absolute Gasteiger partial charge is 0.451 e. The van der Waals surface area contributed by atoms with Crippen LogP contribution >= 0.6 is 23.1 Å². The summed E-state index contributed by atoms with van der Waals surface area (Å²) in [6.45, 7) is 1.86. The van der Waals surface area contributed by atoms with Gasteiger partial charge in [0.15, 0.2) is 0 Å². The van der Waals surface area contributed by atoms with Crippen LogP contribution in [0.2, 0.25) is 0 Å². The van der Waals surface area contributed by atoms with Gasteiger partial charge >= 0.3 is 12.1 Å². The van der Waals surface area contributed by atoms with Crippen LogP contribution in [0.25, 0.3) is 10.9 Å². The highest BCUT2D eigenvalue weighted by Gasteiger charge is 2.35. The second kappa shape index (κ2) is 8.78. The van der Waals surface area contributed by atoms with Crippen LogP contribution in [0.15, 0.2) is 40.7 Å². The lowest BCUT2D eigenvalue weighted by Crippen LogP contribution is -2.16. The second-order valence-corrected chi connectivity index (χ2v) is 7.47. The first kappa shape index (κ1) is 21.1. The standard InChI is InChI=1S/C18H14F3N3O3S2/c1-2-27-16(26)11-7-8-28-15(11)23-13(25)9-29-14-10-5-3-4-6-12(10)22-17(24-14)18(19,20)21/h3-8H,2,9H2,1H3,(H,23,25). The Morgan fingerprint density at radius 1 is 1.21 bits per heavy atom. The van der Waals surface area contributed by atoms with Crippen LogP contribution in [0.1, 0.15) is 23.1 Å². The van der Waals surface area contributed by atoms with Crippen molar-refractivity contribution in [1.82, 2.24) is 9.97 Å². The van der Waals surface area contributed by atoms with Crippen LogP contribution in [-0.2, 0) is 15.7 Å². The van der Waals surface area contributed by atoms with E-state index in [2.05, 4.69) is 15.3 Å². The Labute approximate surface area is 171 Å². The molecule has 0 spiro atoms. The molecule has 6 nitrogen and oxygen atoms in total. The molecule has 0 aliphatic heterocycles. The lowest BCUT2D eigenvalue weighted by Gasteiger charge is -2.10. The quantitative estimate of drug-likeness (QED) is 0.342. The second-order valence-electron chi connectivity index (χ2n) is 5.59. The number of thiophene rings is 1. The number of amides is 1. The zero-order valence-electron chi connectivity index (χ0n) is 14.9. The van der Waals surface area contributed by atoms with Gasteiger partial charge in [0.2, 0.25) is 11.7 Å². The number of rotatable bonds is 6. The monoisotopic (exact) mass is 441 g/mol. The zero-order chi connectivity index (χ0) is 21.0. The lowest BCUT2D eigenvalue weighted by molar-refractivity contribution is -0.145. The molecule has 152 valence electrons. The molecular weight excluding hydrogens is 427 g/mol. The van der Waals surface area contributed by atoms with Crippen molar-refractivity contribution in [3.05, 3.63) is 47.1 Å². The molecule has 1 amide bonds. The van der Waals surface area contributed by atoms with Crippen molar-refractivity contribution >= 4 is 50.9 Å². The molecule has 2 aromatic heterocycles. The van der Waals surface area contributed by atoms with E-state index in [0.29, 0.717) is 10.4 Å². The number of fused-ring (bicyclic) bond motifs is 1. The molecular formula is C18H14F3N3O3S2. The number of thioether (sulfide) groups is 1. The maximum absolute atomic E-state index is 13.1. The number of alkyl halides is 3. The van der Waals surface area contributed by atoms with E-state index in [1.54, 1.807) is 30.5 Å². The summed E-state index contributed by atoms with van der Waals surface area (Å²) in [5, 5.41) is 5.00. The average molecular weight is 441 g/mol. The van der Waals surface area contributed by atoms with E-state index in [0.717, 1.165) is 23.1 Å². The van der Waals surface area contributed by atoms with Gasteiger partial charge in [0.05, 0.1) is 23.4 Å². The van der Waals surface area contributed by atoms with Gasteiger partial charge in [-0.05, 0) is 24.4 Å². The highest BCUT2D eigenvalue weighted by atomic mass is 32.2. The van der Waals surface area contributed by atoms with Crippen molar-refractivity contribution in [2.75, 3.05) is 17.7 Å². The number of halogens is 3. The maximum atomic E-state index is 13.1. The summed E-state index contributed by atoms with van der Waals surface area (Å²) < 4.78 is 44.1. The fourth-order valence-corrected chi connectivity index (χ4v) is 3.97. The Morgan fingerprint density at radius 2 is 1.97 bits per heavy atom. The van der Waals surface area contributed by atoms with E-state index in [9.17, 15) is 22.8 Å². The van der Waals surface area contributed by atoms with Gasteiger partial charge in [-0.3, -0.25) is 4.79 Å². The normalized spacial score (nSPS) is 11.4. The van der Waals surface area contributed by atoms with E-state index in [1.807, 2.05) is 0 Å². The van der Waals surface area contributed by atoms with Gasteiger partial charge in [0.25, 0.3) is 0 Å². The molecule has 0 saturated heterocycles. The summed E-state index contributed by atoms with van der Waals surface area (Å²) in [6, 6.07) is 7.80.